The monoisotopic (exact) mass is 310 g/mol. The van der Waals surface area contributed by atoms with E-state index >= 15 is 0 Å². The minimum Gasteiger partial charge on any atom is -0.348 e. The van der Waals surface area contributed by atoms with E-state index in [1.54, 1.807) is 12.1 Å². The van der Waals surface area contributed by atoms with Gasteiger partial charge in [-0.15, -0.1) is 10.2 Å². The number of aromatic nitrogens is 2. The summed E-state index contributed by atoms with van der Waals surface area (Å²) in [6.07, 6.45) is 5.77. The molecule has 1 fully saturated rings. The second-order valence-corrected chi connectivity index (χ2v) is 6.11. The van der Waals surface area contributed by atoms with E-state index in [1.807, 2.05) is 31.2 Å². The molecule has 1 heterocycles. The van der Waals surface area contributed by atoms with Crippen molar-refractivity contribution in [2.24, 2.45) is 0 Å². The van der Waals surface area contributed by atoms with Crippen molar-refractivity contribution in [3.05, 3.63) is 47.7 Å². The molecule has 1 aromatic carbocycles. The minimum absolute atomic E-state index is 0.133. The Balaban J connectivity index is 1.61. The summed E-state index contributed by atoms with van der Waals surface area (Å²) in [5, 5.41) is 14.4. The van der Waals surface area contributed by atoms with Gasteiger partial charge in [0.05, 0.1) is 0 Å². The third-order valence-corrected chi connectivity index (χ3v) is 4.13. The van der Waals surface area contributed by atoms with Crippen LogP contribution >= 0.6 is 0 Å². The van der Waals surface area contributed by atoms with Gasteiger partial charge in [-0.05, 0) is 49.6 Å². The lowest BCUT2D eigenvalue weighted by atomic mass is 9.95. The Morgan fingerprint density at radius 2 is 1.91 bits per heavy atom. The van der Waals surface area contributed by atoms with Gasteiger partial charge in [-0.25, -0.2) is 0 Å². The number of hydrogen-bond acceptors (Lipinski definition) is 4. The van der Waals surface area contributed by atoms with Crippen LogP contribution in [0, 0.1) is 6.92 Å². The minimum atomic E-state index is -0.133. The van der Waals surface area contributed by atoms with Crippen molar-refractivity contribution in [1.82, 2.24) is 15.5 Å². The van der Waals surface area contributed by atoms with Crippen LogP contribution in [0.5, 0.6) is 0 Å². The zero-order chi connectivity index (χ0) is 16.1. The SMILES string of the molecule is Cc1cccc(Nc2ccc(C(=O)NC3CCCCC3)nn2)c1. The van der Waals surface area contributed by atoms with E-state index in [-0.39, 0.29) is 11.9 Å². The molecule has 1 saturated carbocycles. The van der Waals surface area contributed by atoms with Crippen LogP contribution in [0.4, 0.5) is 11.5 Å². The normalized spacial score (nSPS) is 15.2. The summed E-state index contributed by atoms with van der Waals surface area (Å²) in [5.74, 6) is 0.497. The van der Waals surface area contributed by atoms with Crippen molar-refractivity contribution in [3.8, 4) is 0 Å². The van der Waals surface area contributed by atoms with Crippen LogP contribution in [0.25, 0.3) is 0 Å². The summed E-state index contributed by atoms with van der Waals surface area (Å²) < 4.78 is 0. The van der Waals surface area contributed by atoms with Crippen molar-refractivity contribution in [1.29, 1.82) is 0 Å². The second-order valence-electron chi connectivity index (χ2n) is 6.11. The zero-order valence-electron chi connectivity index (χ0n) is 13.4. The molecule has 0 atom stereocenters. The molecule has 1 aliphatic carbocycles. The van der Waals surface area contributed by atoms with Crippen LogP contribution in [0.3, 0.4) is 0 Å². The Hall–Kier alpha value is -2.43. The maximum absolute atomic E-state index is 12.2. The molecule has 0 radical (unpaired) electrons. The molecule has 3 rings (SSSR count). The molecule has 1 amide bonds. The molecule has 23 heavy (non-hydrogen) atoms. The number of carbonyl (C=O) groups excluding carboxylic acids is 1. The maximum Gasteiger partial charge on any atom is 0.272 e. The third kappa shape index (κ3) is 4.28. The first kappa shape index (κ1) is 15.5. The predicted octanol–water partition coefficient (Wildman–Crippen LogP) is 3.59. The van der Waals surface area contributed by atoms with Crippen molar-refractivity contribution in [3.63, 3.8) is 0 Å². The van der Waals surface area contributed by atoms with E-state index in [1.165, 1.54) is 24.8 Å². The first-order valence-electron chi connectivity index (χ1n) is 8.19. The zero-order valence-corrected chi connectivity index (χ0v) is 13.4. The Bertz CT molecular complexity index is 663. The predicted molar refractivity (Wildman–Crippen MR) is 90.8 cm³/mol. The Labute approximate surface area is 136 Å². The molecule has 5 nitrogen and oxygen atoms in total. The highest BCUT2D eigenvalue weighted by atomic mass is 16.2. The second kappa shape index (κ2) is 7.22. The van der Waals surface area contributed by atoms with Crippen molar-refractivity contribution >= 4 is 17.4 Å². The number of nitrogens with one attached hydrogen (secondary N) is 2. The molecule has 5 heteroatoms. The summed E-state index contributed by atoms with van der Waals surface area (Å²) in [7, 11) is 0. The number of amides is 1. The van der Waals surface area contributed by atoms with E-state index in [4.69, 9.17) is 0 Å². The lowest BCUT2D eigenvalue weighted by Gasteiger charge is -2.22. The summed E-state index contributed by atoms with van der Waals surface area (Å²) in [4.78, 5) is 12.2. The van der Waals surface area contributed by atoms with E-state index in [9.17, 15) is 4.79 Å². The smallest absolute Gasteiger partial charge is 0.272 e. The highest BCUT2D eigenvalue weighted by Gasteiger charge is 2.17. The average molecular weight is 310 g/mol. The number of anilines is 2. The highest BCUT2D eigenvalue weighted by Crippen LogP contribution is 2.18. The van der Waals surface area contributed by atoms with Crippen LogP contribution in [0.15, 0.2) is 36.4 Å². The first-order valence-corrected chi connectivity index (χ1v) is 8.19. The molecule has 2 aromatic rings. The van der Waals surface area contributed by atoms with Gasteiger partial charge in [0.2, 0.25) is 0 Å². The van der Waals surface area contributed by atoms with E-state index < -0.39 is 0 Å². The number of rotatable bonds is 4. The number of carbonyl (C=O) groups is 1. The van der Waals surface area contributed by atoms with Crippen molar-refractivity contribution in [2.45, 2.75) is 45.1 Å². The number of hydrogen-bond donors (Lipinski definition) is 2. The molecule has 0 saturated heterocycles. The fourth-order valence-electron chi connectivity index (χ4n) is 2.90. The molecule has 0 bridgehead atoms. The van der Waals surface area contributed by atoms with Crippen LogP contribution in [0.2, 0.25) is 0 Å². The van der Waals surface area contributed by atoms with Crippen LogP contribution in [0.1, 0.15) is 48.2 Å². The highest BCUT2D eigenvalue weighted by molar-refractivity contribution is 5.92. The van der Waals surface area contributed by atoms with Crippen LogP contribution in [-0.4, -0.2) is 22.1 Å². The fraction of sp³-hybridized carbons (Fsp3) is 0.389. The molecular weight excluding hydrogens is 288 g/mol. The van der Waals surface area contributed by atoms with E-state index in [0.29, 0.717) is 11.5 Å². The Morgan fingerprint density at radius 1 is 1.09 bits per heavy atom. The first-order chi connectivity index (χ1) is 11.2. The van der Waals surface area contributed by atoms with Crippen LogP contribution < -0.4 is 10.6 Å². The van der Waals surface area contributed by atoms with Gasteiger partial charge in [-0.1, -0.05) is 31.4 Å². The van der Waals surface area contributed by atoms with Crippen LogP contribution in [-0.2, 0) is 0 Å². The third-order valence-electron chi connectivity index (χ3n) is 4.13. The van der Waals surface area contributed by atoms with Crippen molar-refractivity contribution < 1.29 is 4.79 Å². The fourth-order valence-corrected chi connectivity index (χ4v) is 2.90. The number of nitrogens with zero attached hydrogens (tertiary/aromatic N) is 2. The lowest BCUT2D eigenvalue weighted by Crippen LogP contribution is -2.36. The van der Waals surface area contributed by atoms with E-state index in [2.05, 4.69) is 20.8 Å². The van der Waals surface area contributed by atoms with Gasteiger partial charge in [-0.3, -0.25) is 4.79 Å². The average Bonchev–Trinajstić information content (AvgIpc) is 2.56. The number of aryl methyl sites for hydroxylation is 1. The molecule has 1 aliphatic rings. The molecular formula is C18H22N4O. The summed E-state index contributed by atoms with van der Waals surface area (Å²) in [6.45, 7) is 2.04. The molecule has 0 spiro atoms. The lowest BCUT2D eigenvalue weighted by molar-refractivity contribution is 0.0921. The van der Waals surface area contributed by atoms with Gasteiger partial charge in [0, 0.05) is 11.7 Å². The molecule has 1 aromatic heterocycles. The van der Waals surface area contributed by atoms with Gasteiger partial charge in [0.1, 0.15) is 0 Å². The quantitative estimate of drug-likeness (QED) is 0.905. The van der Waals surface area contributed by atoms with Gasteiger partial charge in [0.25, 0.3) is 5.91 Å². The van der Waals surface area contributed by atoms with Gasteiger partial charge < -0.3 is 10.6 Å². The topological polar surface area (TPSA) is 66.9 Å². The molecule has 120 valence electrons. The summed E-state index contributed by atoms with van der Waals surface area (Å²) in [6, 6.07) is 11.8. The Morgan fingerprint density at radius 3 is 2.61 bits per heavy atom. The van der Waals surface area contributed by atoms with Gasteiger partial charge >= 0.3 is 0 Å². The summed E-state index contributed by atoms with van der Waals surface area (Å²) in [5.41, 5.74) is 2.50. The molecule has 2 N–H and O–H groups in total. The standard InChI is InChI=1S/C18H22N4O/c1-13-6-5-9-15(12-13)19-17-11-10-16(21-22-17)18(23)20-14-7-3-2-4-8-14/h5-6,9-12,14H,2-4,7-8H2,1H3,(H,19,22)(H,20,23). The van der Waals surface area contributed by atoms with E-state index in [0.717, 1.165) is 18.5 Å². The van der Waals surface area contributed by atoms with Gasteiger partial charge in [0.15, 0.2) is 11.5 Å². The Kier molecular flexibility index (Phi) is 4.86. The largest absolute Gasteiger partial charge is 0.348 e. The molecule has 0 aliphatic heterocycles. The molecule has 0 unspecified atom stereocenters. The van der Waals surface area contributed by atoms with Crippen molar-refractivity contribution in [2.75, 3.05) is 5.32 Å². The van der Waals surface area contributed by atoms with Gasteiger partial charge in [-0.2, -0.15) is 0 Å². The summed E-state index contributed by atoms with van der Waals surface area (Å²) >= 11 is 0. The number of benzene rings is 1. The maximum atomic E-state index is 12.2.